The Kier molecular flexibility index (Phi) is 7.60. The molecule has 2 N–H and O–H groups in total. The number of methoxy groups -OCH3 is 1. The average molecular weight is 233 g/mol. The SMILES string of the molecule is CN=C(NCCSC)NCC(C)(C)OC. The molecular weight excluding hydrogens is 210 g/mol. The Morgan fingerprint density at radius 2 is 2.07 bits per heavy atom. The highest BCUT2D eigenvalue weighted by Crippen LogP contribution is 2.04. The number of aliphatic imine (C=N–C) groups is 1. The number of guanidine groups is 1. The van der Waals surface area contributed by atoms with Gasteiger partial charge in [0.05, 0.1) is 5.60 Å². The Labute approximate surface area is 97.3 Å². The second-order valence-corrected chi connectivity index (χ2v) is 4.79. The Balaban J connectivity index is 3.81. The topological polar surface area (TPSA) is 45.7 Å². The molecule has 0 spiro atoms. The van der Waals surface area contributed by atoms with Gasteiger partial charge in [-0.15, -0.1) is 0 Å². The van der Waals surface area contributed by atoms with E-state index in [4.69, 9.17) is 4.74 Å². The van der Waals surface area contributed by atoms with Gasteiger partial charge in [-0.3, -0.25) is 4.99 Å². The van der Waals surface area contributed by atoms with Crippen LogP contribution in [0.15, 0.2) is 4.99 Å². The Bertz CT molecular complexity index is 195. The fourth-order valence-corrected chi connectivity index (χ4v) is 1.17. The molecular formula is C10H23N3OS. The maximum absolute atomic E-state index is 5.31. The molecule has 90 valence electrons. The summed E-state index contributed by atoms with van der Waals surface area (Å²) in [5.74, 6) is 1.91. The van der Waals surface area contributed by atoms with Crippen molar-refractivity contribution in [3.05, 3.63) is 0 Å². The van der Waals surface area contributed by atoms with Crippen LogP contribution in [0.4, 0.5) is 0 Å². The van der Waals surface area contributed by atoms with Gasteiger partial charge in [0.1, 0.15) is 0 Å². The van der Waals surface area contributed by atoms with Crippen LogP contribution in [-0.2, 0) is 4.74 Å². The van der Waals surface area contributed by atoms with Gasteiger partial charge in [-0.25, -0.2) is 0 Å². The molecule has 4 nitrogen and oxygen atoms in total. The zero-order valence-corrected chi connectivity index (χ0v) is 11.2. The number of nitrogens with zero attached hydrogens (tertiary/aromatic N) is 1. The van der Waals surface area contributed by atoms with E-state index in [0.29, 0.717) is 0 Å². The van der Waals surface area contributed by atoms with E-state index in [1.807, 2.05) is 25.6 Å². The van der Waals surface area contributed by atoms with Gasteiger partial charge < -0.3 is 15.4 Å². The lowest BCUT2D eigenvalue weighted by molar-refractivity contribution is 0.0268. The molecule has 15 heavy (non-hydrogen) atoms. The fraction of sp³-hybridized carbons (Fsp3) is 0.900. The third-order valence-electron chi connectivity index (χ3n) is 2.06. The van der Waals surface area contributed by atoms with Gasteiger partial charge in [0.15, 0.2) is 5.96 Å². The van der Waals surface area contributed by atoms with Gasteiger partial charge >= 0.3 is 0 Å². The van der Waals surface area contributed by atoms with Gasteiger partial charge in [0.25, 0.3) is 0 Å². The first-order chi connectivity index (χ1) is 7.05. The van der Waals surface area contributed by atoms with Crippen LogP contribution in [0.1, 0.15) is 13.8 Å². The van der Waals surface area contributed by atoms with Crippen LogP contribution in [0.25, 0.3) is 0 Å². The van der Waals surface area contributed by atoms with E-state index in [-0.39, 0.29) is 5.60 Å². The zero-order valence-electron chi connectivity index (χ0n) is 10.4. The van der Waals surface area contributed by atoms with Crippen molar-refractivity contribution in [3.63, 3.8) is 0 Å². The average Bonchev–Trinajstić information content (AvgIpc) is 2.23. The molecule has 0 saturated carbocycles. The first-order valence-electron chi connectivity index (χ1n) is 5.04. The van der Waals surface area contributed by atoms with Crippen LogP contribution >= 0.6 is 11.8 Å². The first-order valence-corrected chi connectivity index (χ1v) is 6.43. The molecule has 0 aliphatic heterocycles. The minimum Gasteiger partial charge on any atom is -0.377 e. The number of rotatable bonds is 6. The van der Waals surface area contributed by atoms with Crippen LogP contribution in [0.3, 0.4) is 0 Å². The second-order valence-electron chi connectivity index (χ2n) is 3.81. The maximum atomic E-state index is 5.31. The molecule has 0 heterocycles. The summed E-state index contributed by atoms with van der Waals surface area (Å²) in [7, 11) is 3.49. The van der Waals surface area contributed by atoms with Crippen molar-refractivity contribution in [2.24, 2.45) is 4.99 Å². The summed E-state index contributed by atoms with van der Waals surface area (Å²) < 4.78 is 5.31. The van der Waals surface area contributed by atoms with E-state index in [0.717, 1.165) is 24.8 Å². The summed E-state index contributed by atoms with van der Waals surface area (Å²) in [6, 6.07) is 0. The first kappa shape index (κ1) is 14.6. The van der Waals surface area contributed by atoms with Crippen molar-refractivity contribution in [2.45, 2.75) is 19.4 Å². The molecule has 0 aliphatic rings. The van der Waals surface area contributed by atoms with E-state index in [2.05, 4.69) is 21.9 Å². The van der Waals surface area contributed by atoms with Crippen molar-refractivity contribution in [1.82, 2.24) is 10.6 Å². The molecule has 0 saturated heterocycles. The molecule has 5 heteroatoms. The Morgan fingerprint density at radius 1 is 1.40 bits per heavy atom. The van der Waals surface area contributed by atoms with Crippen LogP contribution in [0.2, 0.25) is 0 Å². The standard InChI is InChI=1S/C10H23N3OS/c1-10(2,14-4)8-13-9(11-3)12-6-7-15-5/h6-8H2,1-5H3,(H2,11,12,13). The number of thioether (sulfide) groups is 1. The van der Waals surface area contributed by atoms with Gasteiger partial charge in [0, 0.05) is 33.0 Å². The maximum Gasteiger partial charge on any atom is 0.191 e. The predicted molar refractivity (Wildman–Crippen MR) is 68.8 cm³/mol. The van der Waals surface area contributed by atoms with Crippen LogP contribution in [0.5, 0.6) is 0 Å². The molecule has 0 aliphatic carbocycles. The van der Waals surface area contributed by atoms with E-state index in [9.17, 15) is 0 Å². The van der Waals surface area contributed by atoms with Gasteiger partial charge in [-0.2, -0.15) is 11.8 Å². The molecule has 0 aromatic heterocycles. The molecule has 0 rings (SSSR count). The lowest BCUT2D eigenvalue weighted by Crippen LogP contribution is -2.45. The van der Waals surface area contributed by atoms with Gasteiger partial charge in [-0.1, -0.05) is 0 Å². The summed E-state index contributed by atoms with van der Waals surface area (Å²) in [4.78, 5) is 4.13. The summed E-state index contributed by atoms with van der Waals surface area (Å²) >= 11 is 1.81. The summed E-state index contributed by atoms with van der Waals surface area (Å²) in [5.41, 5.74) is -0.170. The van der Waals surface area contributed by atoms with Crippen molar-refractivity contribution in [2.75, 3.05) is 39.3 Å². The van der Waals surface area contributed by atoms with Crippen LogP contribution in [-0.4, -0.2) is 50.8 Å². The molecule has 0 unspecified atom stereocenters. The normalized spacial score (nSPS) is 12.7. The van der Waals surface area contributed by atoms with Crippen LogP contribution < -0.4 is 10.6 Å². The fourth-order valence-electron chi connectivity index (χ4n) is 0.861. The zero-order chi connectivity index (χ0) is 11.7. The Hall–Kier alpha value is -0.420. The van der Waals surface area contributed by atoms with Crippen molar-refractivity contribution in [3.8, 4) is 0 Å². The Morgan fingerprint density at radius 3 is 2.53 bits per heavy atom. The number of nitrogens with one attached hydrogen (secondary N) is 2. The number of ether oxygens (including phenoxy) is 1. The molecule has 0 aromatic carbocycles. The van der Waals surface area contributed by atoms with E-state index < -0.39 is 0 Å². The quantitative estimate of drug-likeness (QED) is 0.407. The third kappa shape index (κ3) is 7.50. The van der Waals surface area contributed by atoms with Crippen molar-refractivity contribution in [1.29, 1.82) is 0 Å². The highest BCUT2D eigenvalue weighted by atomic mass is 32.2. The molecule has 0 bridgehead atoms. The lowest BCUT2D eigenvalue weighted by Gasteiger charge is -2.24. The van der Waals surface area contributed by atoms with Gasteiger partial charge in [-0.05, 0) is 20.1 Å². The highest BCUT2D eigenvalue weighted by molar-refractivity contribution is 7.98. The second kappa shape index (κ2) is 7.82. The molecule has 0 fully saturated rings. The minimum atomic E-state index is -0.170. The summed E-state index contributed by atoms with van der Waals surface area (Å²) in [5, 5.41) is 6.45. The van der Waals surface area contributed by atoms with Crippen molar-refractivity contribution < 1.29 is 4.74 Å². The van der Waals surface area contributed by atoms with Crippen molar-refractivity contribution >= 4 is 17.7 Å². The predicted octanol–water partition coefficient (Wildman–Crippen LogP) is 0.939. The third-order valence-corrected chi connectivity index (χ3v) is 2.67. The minimum absolute atomic E-state index is 0.170. The van der Waals surface area contributed by atoms with Gasteiger partial charge in [0.2, 0.25) is 0 Å². The molecule has 0 radical (unpaired) electrons. The highest BCUT2D eigenvalue weighted by Gasteiger charge is 2.16. The molecule has 0 atom stereocenters. The monoisotopic (exact) mass is 233 g/mol. The molecule has 0 aromatic rings. The van der Waals surface area contributed by atoms with E-state index >= 15 is 0 Å². The number of hydrogen-bond donors (Lipinski definition) is 2. The number of hydrogen-bond acceptors (Lipinski definition) is 3. The van der Waals surface area contributed by atoms with Crippen LogP contribution in [0, 0.1) is 0 Å². The largest absolute Gasteiger partial charge is 0.377 e. The molecule has 0 amide bonds. The smallest absolute Gasteiger partial charge is 0.191 e. The summed E-state index contributed by atoms with van der Waals surface area (Å²) in [6.07, 6.45) is 2.09. The van der Waals surface area contributed by atoms with E-state index in [1.54, 1.807) is 14.2 Å². The lowest BCUT2D eigenvalue weighted by atomic mass is 10.1. The van der Waals surface area contributed by atoms with E-state index in [1.165, 1.54) is 0 Å². The summed E-state index contributed by atoms with van der Waals surface area (Å²) in [6.45, 7) is 5.74.